The van der Waals surface area contributed by atoms with Gasteiger partial charge in [-0.1, -0.05) is 69.4 Å². The summed E-state index contributed by atoms with van der Waals surface area (Å²) >= 11 is 0. The van der Waals surface area contributed by atoms with Crippen LogP contribution >= 0.6 is 0 Å². The van der Waals surface area contributed by atoms with Gasteiger partial charge in [-0.15, -0.1) is 0 Å². The van der Waals surface area contributed by atoms with Crippen molar-refractivity contribution in [2.45, 2.75) is 77.4 Å². The highest BCUT2D eigenvalue weighted by atomic mass is 35.5. The van der Waals surface area contributed by atoms with Gasteiger partial charge in [0.2, 0.25) is 0 Å². The lowest BCUT2D eigenvalue weighted by Gasteiger charge is -2.30. The summed E-state index contributed by atoms with van der Waals surface area (Å²) in [5.74, 6) is 0. The number of quaternary nitrogens is 1. The lowest BCUT2D eigenvalue weighted by atomic mass is 10.0. The second-order valence-electron chi connectivity index (χ2n) is 7.66. The molecule has 3 heteroatoms. The van der Waals surface area contributed by atoms with Gasteiger partial charge in [0.15, 0.2) is 0 Å². The average Bonchev–Trinajstić information content (AvgIpc) is 2.51. The van der Waals surface area contributed by atoms with E-state index in [1.54, 1.807) is 0 Å². The van der Waals surface area contributed by atoms with Crippen LogP contribution in [0.4, 0.5) is 0 Å². The predicted octanol–water partition coefficient (Wildman–Crippen LogP) is 2.16. The summed E-state index contributed by atoms with van der Waals surface area (Å²) in [6, 6.07) is 10.8. The van der Waals surface area contributed by atoms with E-state index in [0.717, 1.165) is 23.9 Å². The normalized spacial score (nSPS) is 12.7. The highest BCUT2D eigenvalue weighted by Gasteiger charge is 2.15. The number of halogens is 1. The van der Waals surface area contributed by atoms with Crippen LogP contribution in [0.3, 0.4) is 0 Å². The van der Waals surface area contributed by atoms with Crippen molar-refractivity contribution in [3.05, 3.63) is 35.9 Å². The number of unbranched alkanes of at least 4 members (excludes halogenated alkanes) is 5. The third kappa shape index (κ3) is 11.9. The van der Waals surface area contributed by atoms with Crippen LogP contribution in [0.25, 0.3) is 0 Å². The average molecular weight is 356 g/mol. The third-order valence-corrected chi connectivity index (χ3v) is 4.65. The van der Waals surface area contributed by atoms with Gasteiger partial charge in [0.25, 0.3) is 0 Å². The lowest BCUT2D eigenvalue weighted by Crippen LogP contribution is -3.00. The summed E-state index contributed by atoms with van der Waals surface area (Å²) in [7, 11) is 4.65. The van der Waals surface area contributed by atoms with Gasteiger partial charge in [-0.25, -0.2) is 0 Å². The van der Waals surface area contributed by atoms with Gasteiger partial charge >= 0.3 is 0 Å². The maximum Gasteiger partial charge on any atom is 0.104 e. The molecule has 0 saturated carbocycles. The van der Waals surface area contributed by atoms with Crippen LogP contribution in [-0.2, 0) is 6.54 Å². The predicted molar refractivity (Wildman–Crippen MR) is 100 cm³/mol. The molecule has 0 saturated heterocycles. The van der Waals surface area contributed by atoms with Crippen LogP contribution < -0.4 is 12.4 Å². The Kier molecular flexibility index (Phi) is 13.4. The summed E-state index contributed by atoms with van der Waals surface area (Å²) in [6.07, 6.45) is 10.6. The second kappa shape index (κ2) is 13.7. The highest BCUT2D eigenvalue weighted by molar-refractivity contribution is 5.13. The molecule has 1 unspecified atom stereocenters. The number of benzene rings is 1. The Morgan fingerprint density at radius 3 is 2.08 bits per heavy atom. The fraction of sp³-hybridized carbons (Fsp3) is 0.714. The van der Waals surface area contributed by atoms with E-state index in [2.05, 4.69) is 51.4 Å². The van der Waals surface area contributed by atoms with E-state index in [1.807, 2.05) is 0 Å². The Labute approximate surface area is 156 Å². The van der Waals surface area contributed by atoms with Crippen molar-refractivity contribution in [1.29, 1.82) is 0 Å². The Balaban J connectivity index is 0.00000529. The number of hydrogen-bond donors (Lipinski definition) is 1. The molecule has 1 atom stereocenters. The third-order valence-electron chi connectivity index (χ3n) is 4.65. The van der Waals surface area contributed by atoms with Gasteiger partial charge in [-0.05, 0) is 25.7 Å². The first kappa shape index (κ1) is 23.4. The van der Waals surface area contributed by atoms with Crippen molar-refractivity contribution >= 4 is 0 Å². The lowest BCUT2D eigenvalue weighted by molar-refractivity contribution is -0.903. The zero-order valence-corrected chi connectivity index (χ0v) is 16.8. The van der Waals surface area contributed by atoms with Crippen LogP contribution in [0.5, 0.6) is 0 Å². The van der Waals surface area contributed by atoms with Crippen molar-refractivity contribution in [3.8, 4) is 0 Å². The van der Waals surface area contributed by atoms with Gasteiger partial charge in [0.05, 0.1) is 26.7 Å². The molecule has 0 aliphatic heterocycles. The molecule has 0 fully saturated rings. The molecule has 1 aromatic rings. The fourth-order valence-electron chi connectivity index (χ4n) is 3.20. The highest BCUT2D eigenvalue weighted by Crippen LogP contribution is 2.14. The minimum absolute atomic E-state index is 0. The smallest absolute Gasteiger partial charge is 0.104 e. The Bertz CT molecular complexity index is 394. The van der Waals surface area contributed by atoms with Crippen molar-refractivity contribution in [1.82, 2.24) is 0 Å². The van der Waals surface area contributed by atoms with E-state index in [-0.39, 0.29) is 18.5 Å². The number of nitrogens with zero attached hydrogens (tertiary/aromatic N) is 1. The first-order valence-corrected chi connectivity index (χ1v) is 9.57. The molecule has 0 heterocycles. The molecule has 0 spiro atoms. The first-order valence-electron chi connectivity index (χ1n) is 9.57. The topological polar surface area (TPSA) is 20.2 Å². The van der Waals surface area contributed by atoms with E-state index in [1.165, 1.54) is 57.1 Å². The first-order chi connectivity index (χ1) is 11.0. The van der Waals surface area contributed by atoms with Crippen LogP contribution in [0.1, 0.15) is 70.3 Å². The van der Waals surface area contributed by atoms with Crippen molar-refractivity contribution in [2.24, 2.45) is 0 Å². The van der Waals surface area contributed by atoms with E-state index < -0.39 is 0 Å². The largest absolute Gasteiger partial charge is 1.00 e. The van der Waals surface area contributed by atoms with E-state index in [9.17, 15) is 5.11 Å². The summed E-state index contributed by atoms with van der Waals surface area (Å²) in [4.78, 5) is 0. The van der Waals surface area contributed by atoms with Crippen molar-refractivity contribution < 1.29 is 22.0 Å². The van der Waals surface area contributed by atoms with E-state index in [4.69, 9.17) is 0 Å². The van der Waals surface area contributed by atoms with Crippen LogP contribution in [0, 0.1) is 0 Å². The number of hydrogen-bond acceptors (Lipinski definition) is 1. The molecule has 0 amide bonds. The summed E-state index contributed by atoms with van der Waals surface area (Å²) in [5.41, 5.74) is 1.42. The van der Waals surface area contributed by atoms with Gasteiger partial charge in [-0.2, -0.15) is 0 Å². The van der Waals surface area contributed by atoms with Gasteiger partial charge in [0.1, 0.15) is 6.54 Å². The van der Waals surface area contributed by atoms with Crippen molar-refractivity contribution in [2.75, 3.05) is 20.6 Å². The molecule has 1 aromatic carbocycles. The van der Waals surface area contributed by atoms with Gasteiger partial charge < -0.3 is 22.0 Å². The Morgan fingerprint density at radius 2 is 1.46 bits per heavy atom. The monoisotopic (exact) mass is 355 g/mol. The fourth-order valence-corrected chi connectivity index (χ4v) is 3.20. The molecule has 1 N–H and O–H groups in total. The SMILES string of the molecule is CCCCCC(O)CCCCCC[N+](C)(C)Cc1ccccc1.[Cl-]. The van der Waals surface area contributed by atoms with Crippen LogP contribution in [0.2, 0.25) is 0 Å². The Hall–Kier alpha value is -0.570. The van der Waals surface area contributed by atoms with Gasteiger partial charge in [0, 0.05) is 5.56 Å². The molecule has 0 aliphatic rings. The standard InChI is InChI=1S/C21H38NO.ClH/c1-4-5-9-16-21(23)17-12-6-7-13-18-22(2,3)19-20-14-10-8-11-15-20;/h8,10-11,14-15,21,23H,4-7,9,12-13,16-19H2,1-3H3;1H/q+1;/p-1. The molecule has 140 valence electrons. The van der Waals surface area contributed by atoms with E-state index >= 15 is 0 Å². The molecule has 0 bridgehead atoms. The minimum Gasteiger partial charge on any atom is -1.00 e. The molecule has 24 heavy (non-hydrogen) atoms. The molecule has 1 rings (SSSR count). The summed E-state index contributed by atoms with van der Waals surface area (Å²) in [5, 5.41) is 9.92. The minimum atomic E-state index is -0.0631. The maximum atomic E-state index is 9.92. The number of aliphatic hydroxyl groups excluding tert-OH is 1. The molecule has 0 aliphatic carbocycles. The number of aliphatic hydroxyl groups is 1. The van der Waals surface area contributed by atoms with Gasteiger partial charge in [-0.3, -0.25) is 0 Å². The van der Waals surface area contributed by atoms with E-state index in [0.29, 0.717) is 0 Å². The molecule has 0 aromatic heterocycles. The molecule has 2 nitrogen and oxygen atoms in total. The zero-order chi connectivity index (χ0) is 17.0. The van der Waals surface area contributed by atoms with Crippen molar-refractivity contribution in [3.63, 3.8) is 0 Å². The molecular weight excluding hydrogens is 318 g/mol. The molecule has 0 radical (unpaired) electrons. The number of rotatable bonds is 13. The summed E-state index contributed by atoms with van der Waals surface area (Å²) < 4.78 is 1.06. The zero-order valence-electron chi connectivity index (χ0n) is 16.0. The van der Waals surface area contributed by atoms with Crippen LogP contribution in [-0.4, -0.2) is 36.3 Å². The quantitative estimate of drug-likeness (QED) is 0.424. The summed E-state index contributed by atoms with van der Waals surface area (Å²) in [6.45, 7) is 4.55. The second-order valence-corrected chi connectivity index (χ2v) is 7.66. The maximum absolute atomic E-state index is 9.92. The van der Waals surface area contributed by atoms with Crippen LogP contribution in [0.15, 0.2) is 30.3 Å². The molecular formula is C21H38ClNO. The Morgan fingerprint density at radius 1 is 0.875 bits per heavy atom.